The van der Waals surface area contributed by atoms with Crippen LogP contribution in [-0.2, 0) is 6.54 Å². The van der Waals surface area contributed by atoms with E-state index in [2.05, 4.69) is 34.2 Å². The highest BCUT2D eigenvalue weighted by molar-refractivity contribution is 5.04. The summed E-state index contributed by atoms with van der Waals surface area (Å²) >= 11 is 0. The van der Waals surface area contributed by atoms with Crippen molar-refractivity contribution in [3.05, 3.63) is 11.9 Å². The van der Waals surface area contributed by atoms with E-state index >= 15 is 0 Å². The molecule has 0 amide bonds. The summed E-state index contributed by atoms with van der Waals surface area (Å²) in [4.78, 5) is 0. The van der Waals surface area contributed by atoms with Crippen LogP contribution in [0.2, 0.25) is 0 Å². The van der Waals surface area contributed by atoms with Gasteiger partial charge >= 0.3 is 0 Å². The molecule has 2 rings (SSSR count). The first-order valence-corrected chi connectivity index (χ1v) is 6.46. The van der Waals surface area contributed by atoms with Crippen molar-refractivity contribution in [1.82, 2.24) is 20.3 Å². The first-order chi connectivity index (χ1) is 7.85. The lowest BCUT2D eigenvalue weighted by atomic mass is 9.89. The van der Waals surface area contributed by atoms with Crippen LogP contribution in [0.3, 0.4) is 0 Å². The van der Waals surface area contributed by atoms with Crippen molar-refractivity contribution in [2.24, 2.45) is 5.92 Å². The molecule has 0 aliphatic carbocycles. The van der Waals surface area contributed by atoms with Gasteiger partial charge in [-0.3, -0.25) is 0 Å². The summed E-state index contributed by atoms with van der Waals surface area (Å²) in [6.07, 6.45) is 6.86. The number of nitrogens with one attached hydrogen (secondary N) is 1. The van der Waals surface area contributed by atoms with Crippen LogP contribution in [0, 0.1) is 5.92 Å². The molecule has 2 unspecified atom stereocenters. The Balaban J connectivity index is 2.07. The van der Waals surface area contributed by atoms with E-state index in [4.69, 9.17) is 0 Å². The van der Waals surface area contributed by atoms with Gasteiger partial charge in [-0.2, -0.15) is 0 Å². The smallest absolute Gasteiger partial charge is 0.0756 e. The van der Waals surface area contributed by atoms with Gasteiger partial charge < -0.3 is 5.32 Å². The molecule has 4 heteroatoms. The van der Waals surface area contributed by atoms with Crippen LogP contribution in [0.25, 0.3) is 0 Å². The fourth-order valence-corrected chi connectivity index (χ4v) is 2.51. The fourth-order valence-electron chi connectivity index (χ4n) is 2.51. The second kappa shape index (κ2) is 5.43. The number of hydrogen-bond acceptors (Lipinski definition) is 3. The van der Waals surface area contributed by atoms with Gasteiger partial charge in [0.2, 0.25) is 0 Å². The third-order valence-electron chi connectivity index (χ3n) is 3.53. The lowest BCUT2D eigenvalue weighted by Gasteiger charge is -2.29. The Morgan fingerprint density at radius 1 is 1.50 bits per heavy atom. The second-order valence-electron chi connectivity index (χ2n) is 4.69. The molecule has 0 aromatic carbocycles. The minimum absolute atomic E-state index is 0.459. The Morgan fingerprint density at radius 2 is 2.38 bits per heavy atom. The van der Waals surface area contributed by atoms with E-state index in [0.717, 1.165) is 25.4 Å². The van der Waals surface area contributed by atoms with E-state index in [1.807, 2.05) is 6.20 Å². The molecular weight excluding hydrogens is 200 g/mol. The van der Waals surface area contributed by atoms with Gasteiger partial charge in [-0.15, -0.1) is 5.10 Å². The molecule has 16 heavy (non-hydrogen) atoms. The van der Waals surface area contributed by atoms with Crippen molar-refractivity contribution >= 4 is 0 Å². The number of aryl methyl sites for hydroxylation is 1. The maximum Gasteiger partial charge on any atom is 0.0756 e. The Hall–Kier alpha value is -0.900. The molecule has 1 aliphatic rings. The van der Waals surface area contributed by atoms with Crippen LogP contribution >= 0.6 is 0 Å². The van der Waals surface area contributed by atoms with Gasteiger partial charge in [-0.05, 0) is 31.7 Å². The van der Waals surface area contributed by atoms with Gasteiger partial charge in [0.1, 0.15) is 0 Å². The van der Waals surface area contributed by atoms with E-state index in [9.17, 15) is 0 Å². The molecule has 0 spiro atoms. The largest absolute Gasteiger partial charge is 0.309 e. The maximum atomic E-state index is 4.16. The first kappa shape index (κ1) is 11.6. The lowest BCUT2D eigenvalue weighted by molar-refractivity contribution is 0.287. The maximum absolute atomic E-state index is 4.16. The molecule has 1 N–H and O–H groups in total. The monoisotopic (exact) mass is 222 g/mol. The molecule has 0 bridgehead atoms. The fraction of sp³-hybridized carbons (Fsp3) is 0.833. The number of rotatable bonds is 4. The molecule has 0 saturated carbocycles. The Bertz CT molecular complexity index is 321. The third-order valence-corrected chi connectivity index (χ3v) is 3.53. The summed E-state index contributed by atoms with van der Waals surface area (Å²) < 4.78 is 2.05. The Morgan fingerprint density at radius 3 is 3.12 bits per heavy atom. The summed E-state index contributed by atoms with van der Waals surface area (Å²) in [5.41, 5.74) is 1.26. The SMILES string of the molecule is CCCn1nncc1C1CC(CC)CCN1. The zero-order valence-corrected chi connectivity index (χ0v) is 10.3. The molecule has 90 valence electrons. The van der Waals surface area contributed by atoms with Crippen molar-refractivity contribution < 1.29 is 0 Å². The predicted octanol–water partition coefficient (Wildman–Crippen LogP) is 2.14. The van der Waals surface area contributed by atoms with Crippen molar-refractivity contribution in [2.45, 2.75) is 52.1 Å². The van der Waals surface area contributed by atoms with E-state index < -0.39 is 0 Å². The number of aromatic nitrogens is 3. The highest BCUT2D eigenvalue weighted by Gasteiger charge is 2.24. The first-order valence-electron chi connectivity index (χ1n) is 6.46. The van der Waals surface area contributed by atoms with Gasteiger partial charge in [0, 0.05) is 6.54 Å². The molecule has 1 aromatic rings. The lowest BCUT2D eigenvalue weighted by Crippen LogP contribution is -2.33. The van der Waals surface area contributed by atoms with Gasteiger partial charge in [0.25, 0.3) is 0 Å². The van der Waals surface area contributed by atoms with E-state index in [1.165, 1.54) is 25.0 Å². The average Bonchev–Trinajstić information content (AvgIpc) is 2.78. The van der Waals surface area contributed by atoms with Crippen LogP contribution in [-0.4, -0.2) is 21.5 Å². The average molecular weight is 222 g/mol. The van der Waals surface area contributed by atoms with E-state index in [-0.39, 0.29) is 0 Å². The van der Waals surface area contributed by atoms with Crippen molar-refractivity contribution in [1.29, 1.82) is 0 Å². The molecule has 1 fully saturated rings. The molecule has 4 nitrogen and oxygen atoms in total. The Kier molecular flexibility index (Phi) is 3.93. The minimum atomic E-state index is 0.459. The van der Waals surface area contributed by atoms with Crippen LogP contribution < -0.4 is 5.32 Å². The summed E-state index contributed by atoms with van der Waals surface area (Å²) in [5, 5.41) is 11.8. The summed E-state index contributed by atoms with van der Waals surface area (Å²) in [6, 6.07) is 0.459. The zero-order chi connectivity index (χ0) is 11.4. The summed E-state index contributed by atoms with van der Waals surface area (Å²) in [6.45, 7) is 6.56. The molecule has 2 atom stereocenters. The topological polar surface area (TPSA) is 42.7 Å². The summed E-state index contributed by atoms with van der Waals surface area (Å²) in [5.74, 6) is 0.858. The second-order valence-corrected chi connectivity index (χ2v) is 4.69. The minimum Gasteiger partial charge on any atom is -0.309 e. The summed E-state index contributed by atoms with van der Waals surface area (Å²) in [7, 11) is 0. The van der Waals surface area contributed by atoms with Crippen molar-refractivity contribution in [3.8, 4) is 0 Å². The van der Waals surface area contributed by atoms with Gasteiger partial charge in [-0.1, -0.05) is 25.5 Å². The zero-order valence-electron chi connectivity index (χ0n) is 10.3. The number of piperidine rings is 1. The van der Waals surface area contributed by atoms with Gasteiger partial charge in [0.05, 0.1) is 17.9 Å². The van der Waals surface area contributed by atoms with Crippen molar-refractivity contribution in [3.63, 3.8) is 0 Å². The van der Waals surface area contributed by atoms with E-state index in [1.54, 1.807) is 0 Å². The molecule has 0 radical (unpaired) electrons. The van der Waals surface area contributed by atoms with Gasteiger partial charge in [0.15, 0.2) is 0 Å². The van der Waals surface area contributed by atoms with Crippen LogP contribution in [0.15, 0.2) is 6.20 Å². The number of nitrogens with zero attached hydrogens (tertiary/aromatic N) is 3. The number of hydrogen-bond donors (Lipinski definition) is 1. The highest BCUT2D eigenvalue weighted by Crippen LogP contribution is 2.28. The highest BCUT2D eigenvalue weighted by atomic mass is 15.4. The predicted molar refractivity (Wildman–Crippen MR) is 64.1 cm³/mol. The molecule has 1 aliphatic heterocycles. The third kappa shape index (κ3) is 2.43. The normalized spacial score (nSPS) is 25.9. The molecule has 1 aromatic heterocycles. The molecule has 1 saturated heterocycles. The standard InChI is InChI=1S/C12H22N4/c1-3-7-16-12(9-14-15-16)11-8-10(4-2)5-6-13-11/h9-11,13H,3-8H2,1-2H3. The molecule has 2 heterocycles. The van der Waals surface area contributed by atoms with Crippen LogP contribution in [0.4, 0.5) is 0 Å². The van der Waals surface area contributed by atoms with E-state index in [0.29, 0.717) is 6.04 Å². The Labute approximate surface area is 97.4 Å². The van der Waals surface area contributed by atoms with Gasteiger partial charge in [-0.25, -0.2) is 4.68 Å². The van der Waals surface area contributed by atoms with Crippen LogP contribution in [0.5, 0.6) is 0 Å². The van der Waals surface area contributed by atoms with Crippen molar-refractivity contribution in [2.75, 3.05) is 6.54 Å². The van der Waals surface area contributed by atoms with Crippen LogP contribution in [0.1, 0.15) is 51.3 Å². The molecular formula is C12H22N4. The quantitative estimate of drug-likeness (QED) is 0.848.